The lowest BCUT2D eigenvalue weighted by atomic mass is 9.55. The van der Waals surface area contributed by atoms with E-state index in [0.29, 0.717) is 24.2 Å². The zero-order valence-electron chi connectivity index (χ0n) is 13.4. The zero-order valence-corrected chi connectivity index (χ0v) is 13.4. The van der Waals surface area contributed by atoms with Crippen molar-refractivity contribution in [2.75, 3.05) is 0 Å². The van der Waals surface area contributed by atoms with Gasteiger partial charge in [0.05, 0.1) is 11.0 Å². The van der Waals surface area contributed by atoms with Gasteiger partial charge >= 0.3 is 5.69 Å². The molecule has 0 bridgehead atoms. The number of aliphatic hydroxyl groups excluding tert-OH is 1. The van der Waals surface area contributed by atoms with Crippen LogP contribution in [0.3, 0.4) is 0 Å². The Balaban J connectivity index is 1.76. The van der Waals surface area contributed by atoms with Gasteiger partial charge in [-0.05, 0) is 73.3 Å². The molecule has 1 aromatic carbocycles. The average molecular weight is 317 g/mol. The predicted molar refractivity (Wildman–Crippen MR) is 85.4 cm³/mol. The highest BCUT2D eigenvalue weighted by Gasteiger charge is 2.54. The molecule has 0 saturated heterocycles. The summed E-state index contributed by atoms with van der Waals surface area (Å²) in [5.41, 5.74) is 1.72. The van der Waals surface area contributed by atoms with Gasteiger partial charge in [-0.3, -0.25) is 10.1 Å². The van der Waals surface area contributed by atoms with Crippen molar-refractivity contribution < 1.29 is 15.1 Å². The second kappa shape index (κ2) is 4.94. The molecule has 0 heterocycles. The number of fused-ring (bicyclic) bond motifs is 5. The first-order chi connectivity index (χ1) is 10.9. The van der Waals surface area contributed by atoms with Gasteiger partial charge in [-0.15, -0.1) is 0 Å². The SMILES string of the molecule is C[C@@]12CC[C@@H]3c4ccc(O)c([N+](=O)[O-])c4CC[C@@H]3[C@@H]1CC[C@@H]2O. The molecule has 5 atom stereocenters. The molecule has 0 radical (unpaired) electrons. The number of aromatic hydroxyl groups is 1. The van der Waals surface area contributed by atoms with Crippen LogP contribution in [0.25, 0.3) is 0 Å². The van der Waals surface area contributed by atoms with Crippen molar-refractivity contribution in [1.29, 1.82) is 0 Å². The van der Waals surface area contributed by atoms with E-state index < -0.39 is 4.92 Å². The summed E-state index contributed by atoms with van der Waals surface area (Å²) in [4.78, 5) is 10.9. The topological polar surface area (TPSA) is 83.6 Å². The number of phenols is 1. The number of aliphatic hydroxyl groups is 1. The van der Waals surface area contributed by atoms with Crippen LogP contribution in [-0.2, 0) is 6.42 Å². The summed E-state index contributed by atoms with van der Waals surface area (Å²) in [6.45, 7) is 2.22. The van der Waals surface area contributed by atoms with E-state index in [9.17, 15) is 20.3 Å². The number of nitrogens with zero attached hydrogens (tertiary/aromatic N) is 1. The molecule has 0 aliphatic heterocycles. The maximum absolute atomic E-state index is 11.3. The van der Waals surface area contributed by atoms with E-state index in [1.807, 2.05) is 6.07 Å². The summed E-state index contributed by atoms with van der Waals surface area (Å²) in [5.74, 6) is 1.13. The van der Waals surface area contributed by atoms with Crippen molar-refractivity contribution >= 4 is 5.69 Å². The molecule has 2 fully saturated rings. The molecule has 124 valence electrons. The lowest BCUT2D eigenvalue weighted by molar-refractivity contribution is -0.386. The number of nitro groups is 1. The first kappa shape index (κ1) is 14.9. The van der Waals surface area contributed by atoms with Crippen LogP contribution in [-0.4, -0.2) is 21.2 Å². The van der Waals surface area contributed by atoms with Gasteiger partial charge in [0.25, 0.3) is 0 Å². The molecule has 0 spiro atoms. The smallest absolute Gasteiger partial charge is 0.314 e. The Kier molecular flexibility index (Phi) is 3.21. The number of rotatable bonds is 1. The largest absolute Gasteiger partial charge is 0.502 e. The minimum atomic E-state index is -0.444. The number of hydrogen-bond acceptors (Lipinski definition) is 4. The summed E-state index contributed by atoms with van der Waals surface area (Å²) in [6.07, 6.45) is 5.28. The van der Waals surface area contributed by atoms with Gasteiger partial charge in [-0.25, -0.2) is 0 Å². The van der Waals surface area contributed by atoms with Crippen molar-refractivity contribution in [1.82, 2.24) is 0 Å². The van der Waals surface area contributed by atoms with Gasteiger partial charge in [-0.2, -0.15) is 0 Å². The van der Waals surface area contributed by atoms with Gasteiger partial charge < -0.3 is 10.2 Å². The monoisotopic (exact) mass is 317 g/mol. The van der Waals surface area contributed by atoms with Crippen LogP contribution in [0.4, 0.5) is 5.69 Å². The highest BCUT2D eigenvalue weighted by Crippen LogP contribution is 2.61. The minimum absolute atomic E-state index is 0.0154. The molecular weight excluding hydrogens is 294 g/mol. The summed E-state index contributed by atoms with van der Waals surface area (Å²) in [7, 11) is 0. The molecule has 0 unspecified atom stereocenters. The van der Waals surface area contributed by atoms with Gasteiger partial charge in [0.1, 0.15) is 0 Å². The van der Waals surface area contributed by atoms with Crippen LogP contribution in [0.1, 0.15) is 56.1 Å². The average Bonchev–Trinajstić information content (AvgIpc) is 2.82. The Bertz CT molecular complexity index is 673. The minimum Gasteiger partial charge on any atom is -0.502 e. The summed E-state index contributed by atoms with van der Waals surface area (Å²) in [5, 5.41) is 31.6. The summed E-state index contributed by atoms with van der Waals surface area (Å²) < 4.78 is 0. The van der Waals surface area contributed by atoms with Crippen LogP contribution in [0.15, 0.2) is 12.1 Å². The van der Waals surface area contributed by atoms with Crippen molar-refractivity contribution in [3.05, 3.63) is 33.4 Å². The third-order valence-electron chi connectivity index (χ3n) is 6.99. The molecule has 23 heavy (non-hydrogen) atoms. The number of phenolic OH excluding ortho intramolecular Hbond substituents is 1. The molecule has 5 heteroatoms. The molecule has 0 aromatic heterocycles. The van der Waals surface area contributed by atoms with Gasteiger partial charge in [0.2, 0.25) is 0 Å². The summed E-state index contributed by atoms with van der Waals surface area (Å²) >= 11 is 0. The van der Waals surface area contributed by atoms with Crippen LogP contribution in [0.2, 0.25) is 0 Å². The predicted octanol–water partition coefficient (Wildman–Crippen LogP) is 3.52. The third-order valence-corrected chi connectivity index (χ3v) is 6.99. The highest BCUT2D eigenvalue weighted by atomic mass is 16.6. The van der Waals surface area contributed by atoms with Gasteiger partial charge in [-0.1, -0.05) is 13.0 Å². The summed E-state index contributed by atoms with van der Waals surface area (Å²) in [6, 6.07) is 3.37. The second-order valence-electron chi connectivity index (χ2n) is 7.81. The van der Waals surface area contributed by atoms with E-state index in [4.69, 9.17) is 0 Å². The Labute approximate surface area is 135 Å². The molecule has 0 amide bonds. The Hall–Kier alpha value is -1.62. The Morgan fingerprint density at radius 3 is 2.78 bits per heavy atom. The number of nitro benzene ring substituents is 1. The maximum atomic E-state index is 11.3. The van der Waals surface area contributed by atoms with Crippen molar-refractivity contribution in [3.63, 3.8) is 0 Å². The number of benzene rings is 1. The standard InChI is InChI=1S/C18H23NO4/c1-18-9-8-11-10-4-6-15(20)17(19(22)23)13(10)3-2-12(11)14(18)5-7-16(18)21/h4,6,11-12,14,16,20-21H,2-3,5,7-9H2,1H3/t11-,12+,14+,16+,18-/m1/s1. The molecule has 1 aromatic rings. The van der Waals surface area contributed by atoms with Crippen LogP contribution in [0.5, 0.6) is 5.75 Å². The number of hydrogen-bond donors (Lipinski definition) is 2. The fourth-order valence-electron chi connectivity index (χ4n) is 5.81. The zero-order chi connectivity index (χ0) is 16.4. The van der Waals surface area contributed by atoms with E-state index in [1.165, 1.54) is 6.07 Å². The lowest BCUT2D eigenvalue weighted by Crippen LogP contribution is -2.44. The van der Waals surface area contributed by atoms with Crippen LogP contribution in [0, 0.1) is 27.4 Å². The normalized spacial score (nSPS) is 38.5. The first-order valence-corrected chi connectivity index (χ1v) is 8.60. The Morgan fingerprint density at radius 1 is 1.26 bits per heavy atom. The second-order valence-corrected chi connectivity index (χ2v) is 7.81. The molecule has 2 N–H and O–H groups in total. The van der Waals surface area contributed by atoms with E-state index >= 15 is 0 Å². The fourth-order valence-corrected chi connectivity index (χ4v) is 5.81. The fraction of sp³-hybridized carbons (Fsp3) is 0.667. The molecule has 5 nitrogen and oxygen atoms in total. The third kappa shape index (κ3) is 1.95. The lowest BCUT2D eigenvalue weighted by Gasteiger charge is -2.49. The van der Waals surface area contributed by atoms with Crippen molar-refractivity contribution in [3.8, 4) is 5.75 Å². The van der Waals surface area contributed by atoms with Crippen LogP contribution < -0.4 is 0 Å². The first-order valence-electron chi connectivity index (χ1n) is 8.60. The molecule has 3 aliphatic rings. The molecule has 2 saturated carbocycles. The van der Waals surface area contributed by atoms with E-state index in [1.54, 1.807) is 0 Å². The van der Waals surface area contributed by atoms with Gasteiger partial charge in [0.15, 0.2) is 5.75 Å². The van der Waals surface area contributed by atoms with Gasteiger partial charge in [0, 0.05) is 5.56 Å². The Morgan fingerprint density at radius 2 is 2.04 bits per heavy atom. The molecular formula is C18H23NO4. The van der Waals surface area contributed by atoms with Crippen LogP contribution >= 0.6 is 0 Å². The quantitative estimate of drug-likeness (QED) is 0.613. The molecule has 3 aliphatic carbocycles. The van der Waals surface area contributed by atoms with E-state index in [0.717, 1.165) is 43.2 Å². The highest BCUT2D eigenvalue weighted by molar-refractivity contribution is 5.57. The van der Waals surface area contributed by atoms with Crippen molar-refractivity contribution in [2.45, 2.75) is 57.5 Å². The van der Waals surface area contributed by atoms with Crippen molar-refractivity contribution in [2.24, 2.45) is 17.3 Å². The molecule has 4 rings (SSSR count). The maximum Gasteiger partial charge on any atom is 0.314 e. The van der Waals surface area contributed by atoms with E-state index in [-0.39, 0.29) is 23.0 Å². The van der Waals surface area contributed by atoms with E-state index in [2.05, 4.69) is 6.92 Å².